The van der Waals surface area contributed by atoms with Crippen molar-refractivity contribution in [2.45, 2.75) is 13.3 Å². The Bertz CT molecular complexity index is 450. The van der Waals surface area contributed by atoms with Crippen LogP contribution >= 0.6 is 0 Å². The van der Waals surface area contributed by atoms with Crippen molar-refractivity contribution in [2.24, 2.45) is 0 Å². The second-order valence-electron chi connectivity index (χ2n) is 3.00. The van der Waals surface area contributed by atoms with E-state index in [4.69, 9.17) is 9.52 Å². The van der Waals surface area contributed by atoms with Gasteiger partial charge in [0.15, 0.2) is 5.76 Å². The number of hydrogen-bond acceptors (Lipinski definition) is 3. The minimum atomic E-state index is -1.12. The monoisotopic (exact) mass is 221 g/mol. The van der Waals surface area contributed by atoms with E-state index in [0.717, 1.165) is 0 Å². The Balaban J connectivity index is 2.44. The van der Waals surface area contributed by atoms with Crippen LogP contribution in [0.5, 0.6) is 0 Å². The number of nitrogens with one attached hydrogen (secondary N) is 1. The van der Waals surface area contributed by atoms with Gasteiger partial charge in [-0.3, -0.25) is 4.79 Å². The topological polar surface area (TPSA) is 79.5 Å². The van der Waals surface area contributed by atoms with Gasteiger partial charge in [0.2, 0.25) is 11.7 Å². The average molecular weight is 221 g/mol. The molecule has 1 rings (SSSR count). The molecule has 0 aromatic carbocycles. The van der Waals surface area contributed by atoms with E-state index >= 15 is 0 Å². The Morgan fingerprint density at radius 3 is 2.81 bits per heavy atom. The van der Waals surface area contributed by atoms with Crippen molar-refractivity contribution in [1.82, 2.24) is 5.32 Å². The molecule has 0 aliphatic heterocycles. The molecule has 0 aliphatic carbocycles. The summed E-state index contributed by atoms with van der Waals surface area (Å²) in [5.41, 5.74) is 0. The maximum absolute atomic E-state index is 10.5. The number of hydrogen-bond donors (Lipinski definition) is 2. The first kappa shape index (κ1) is 11.9. The highest BCUT2D eigenvalue weighted by molar-refractivity contribution is 5.84. The van der Waals surface area contributed by atoms with Gasteiger partial charge in [0.25, 0.3) is 0 Å². The molecule has 1 aromatic heterocycles. The smallest absolute Gasteiger partial charge is 0.371 e. The SMILES string of the molecule is CC(=O)NCCC#Cc1ccc(C(=O)O)o1. The number of carbonyl (C=O) groups excluding carboxylic acids is 1. The molecule has 84 valence electrons. The Kier molecular flexibility index (Phi) is 4.16. The number of carboxylic acids is 1. The Hall–Kier alpha value is -2.22. The highest BCUT2D eigenvalue weighted by Crippen LogP contribution is 2.05. The number of amides is 1. The number of rotatable bonds is 3. The zero-order chi connectivity index (χ0) is 12.0. The van der Waals surface area contributed by atoms with E-state index in [1.807, 2.05) is 0 Å². The van der Waals surface area contributed by atoms with Crippen molar-refractivity contribution in [3.8, 4) is 11.8 Å². The molecular weight excluding hydrogens is 210 g/mol. The molecule has 0 saturated carbocycles. The van der Waals surface area contributed by atoms with E-state index in [2.05, 4.69) is 17.2 Å². The third-order valence-corrected chi connectivity index (χ3v) is 1.65. The largest absolute Gasteiger partial charge is 0.475 e. The lowest BCUT2D eigenvalue weighted by atomic mass is 10.3. The molecule has 1 amide bonds. The van der Waals surface area contributed by atoms with Crippen LogP contribution in [0.3, 0.4) is 0 Å². The molecule has 0 aliphatic rings. The minimum absolute atomic E-state index is 0.104. The third-order valence-electron chi connectivity index (χ3n) is 1.65. The molecule has 1 heterocycles. The van der Waals surface area contributed by atoms with Gasteiger partial charge in [0.05, 0.1) is 0 Å². The van der Waals surface area contributed by atoms with Gasteiger partial charge in [0.1, 0.15) is 0 Å². The highest BCUT2D eigenvalue weighted by atomic mass is 16.4. The van der Waals surface area contributed by atoms with Crippen LogP contribution in [0.15, 0.2) is 16.5 Å². The summed E-state index contributed by atoms with van der Waals surface area (Å²) in [5.74, 6) is 4.37. The molecule has 5 nitrogen and oxygen atoms in total. The summed E-state index contributed by atoms with van der Waals surface area (Å²) < 4.78 is 4.91. The van der Waals surface area contributed by atoms with E-state index < -0.39 is 5.97 Å². The molecule has 0 fully saturated rings. The minimum Gasteiger partial charge on any atom is -0.475 e. The molecule has 0 saturated heterocycles. The number of carboxylic acid groups (broad SMARTS) is 1. The fraction of sp³-hybridized carbons (Fsp3) is 0.273. The van der Waals surface area contributed by atoms with Crippen LogP contribution in [0, 0.1) is 11.8 Å². The lowest BCUT2D eigenvalue weighted by molar-refractivity contribution is -0.118. The number of furan rings is 1. The van der Waals surface area contributed by atoms with Crippen LogP contribution in [0.4, 0.5) is 0 Å². The van der Waals surface area contributed by atoms with Crippen molar-refractivity contribution in [3.63, 3.8) is 0 Å². The van der Waals surface area contributed by atoms with Gasteiger partial charge < -0.3 is 14.8 Å². The first-order chi connectivity index (χ1) is 7.59. The third kappa shape index (κ3) is 3.88. The molecule has 0 radical (unpaired) electrons. The van der Waals surface area contributed by atoms with Gasteiger partial charge in [-0.15, -0.1) is 0 Å². The van der Waals surface area contributed by atoms with E-state index in [1.165, 1.54) is 19.1 Å². The summed E-state index contributed by atoms with van der Waals surface area (Å²) in [6.07, 6.45) is 0.489. The lowest BCUT2D eigenvalue weighted by Crippen LogP contribution is -2.20. The van der Waals surface area contributed by atoms with Gasteiger partial charge in [-0.25, -0.2) is 4.79 Å². The van der Waals surface area contributed by atoms with E-state index in [-0.39, 0.29) is 11.7 Å². The Labute approximate surface area is 92.4 Å². The van der Waals surface area contributed by atoms with Crippen LogP contribution in [0.2, 0.25) is 0 Å². The molecule has 0 unspecified atom stereocenters. The van der Waals surface area contributed by atoms with Crippen LogP contribution in [-0.2, 0) is 4.79 Å². The standard InChI is InChI=1S/C11H11NO4/c1-8(13)12-7-3-2-4-9-5-6-10(16-9)11(14)15/h5-6H,3,7H2,1H3,(H,12,13)(H,14,15). The van der Waals surface area contributed by atoms with Gasteiger partial charge in [-0.1, -0.05) is 5.92 Å². The predicted octanol–water partition coefficient (Wildman–Crippen LogP) is 0.856. The number of carbonyl (C=O) groups is 2. The van der Waals surface area contributed by atoms with Crippen molar-refractivity contribution in [2.75, 3.05) is 6.54 Å². The van der Waals surface area contributed by atoms with Gasteiger partial charge >= 0.3 is 5.97 Å². The summed E-state index contributed by atoms with van der Waals surface area (Å²) in [5, 5.41) is 11.2. The highest BCUT2D eigenvalue weighted by Gasteiger charge is 2.06. The summed E-state index contributed by atoms with van der Waals surface area (Å²) in [6, 6.07) is 2.84. The molecule has 2 N–H and O–H groups in total. The fourth-order valence-corrected chi connectivity index (χ4v) is 0.971. The van der Waals surface area contributed by atoms with Gasteiger partial charge in [-0.2, -0.15) is 0 Å². The zero-order valence-electron chi connectivity index (χ0n) is 8.74. The van der Waals surface area contributed by atoms with E-state index in [9.17, 15) is 9.59 Å². The molecule has 0 spiro atoms. The van der Waals surface area contributed by atoms with Crippen molar-refractivity contribution < 1.29 is 19.1 Å². The quantitative estimate of drug-likeness (QED) is 0.586. The van der Waals surface area contributed by atoms with Crippen LogP contribution in [-0.4, -0.2) is 23.5 Å². The average Bonchev–Trinajstić information content (AvgIpc) is 2.65. The van der Waals surface area contributed by atoms with Crippen LogP contribution in [0.1, 0.15) is 29.7 Å². The molecule has 0 bridgehead atoms. The van der Waals surface area contributed by atoms with Crippen molar-refractivity contribution >= 4 is 11.9 Å². The summed E-state index contributed by atoms with van der Waals surface area (Å²) >= 11 is 0. The second kappa shape index (κ2) is 5.61. The maximum atomic E-state index is 10.5. The van der Waals surface area contributed by atoms with Crippen LogP contribution < -0.4 is 5.32 Å². The maximum Gasteiger partial charge on any atom is 0.371 e. The molecule has 16 heavy (non-hydrogen) atoms. The van der Waals surface area contributed by atoms with E-state index in [1.54, 1.807) is 0 Å². The van der Waals surface area contributed by atoms with Gasteiger partial charge in [0, 0.05) is 19.9 Å². The van der Waals surface area contributed by atoms with Crippen molar-refractivity contribution in [3.05, 3.63) is 23.7 Å². The summed E-state index contributed by atoms with van der Waals surface area (Å²) in [4.78, 5) is 21.0. The summed E-state index contributed by atoms with van der Waals surface area (Å²) in [6.45, 7) is 1.90. The Morgan fingerprint density at radius 2 is 2.25 bits per heavy atom. The fourth-order valence-electron chi connectivity index (χ4n) is 0.971. The molecule has 5 heteroatoms. The molecule has 0 atom stereocenters. The Morgan fingerprint density at radius 1 is 1.50 bits per heavy atom. The molecular formula is C11H11NO4. The van der Waals surface area contributed by atoms with Gasteiger partial charge in [-0.05, 0) is 18.1 Å². The predicted molar refractivity (Wildman–Crippen MR) is 55.8 cm³/mol. The lowest BCUT2D eigenvalue weighted by Gasteiger charge is -1.94. The summed E-state index contributed by atoms with van der Waals surface area (Å²) in [7, 11) is 0. The molecule has 1 aromatic rings. The zero-order valence-corrected chi connectivity index (χ0v) is 8.74. The first-order valence-electron chi connectivity index (χ1n) is 4.66. The number of aromatic carboxylic acids is 1. The first-order valence-corrected chi connectivity index (χ1v) is 4.66. The second-order valence-corrected chi connectivity index (χ2v) is 3.00. The van der Waals surface area contributed by atoms with E-state index in [0.29, 0.717) is 18.7 Å². The normalized spacial score (nSPS) is 9.06. The van der Waals surface area contributed by atoms with Crippen LogP contribution in [0.25, 0.3) is 0 Å². The van der Waals surface area contributed by atoms with Crippen molar-refractivity contribution in [1.29, 1.82) is 0 Å².